The Bertz CT molecular complexity index is 963. The quantitative estimate of drug-likeness (QED) is 0.462. The molecule has 0 saturated carbocycles. The summed E-state index contributed by atoms with van der Waals surface area (Å²) in [7, 11) is 0. The molecule has 7 nitrogen and oxygen atoms in total. The topological polar surface area (TPSA) is 104 Å². The second-order valence-corrected chi connectivity index (χ2v) is 6.75. The fourth-order valence-electron chi connectivity index (χ4n) is 2.44. The summed E-state index contributed by atoms with van der Waals surface area (Å²) in [5, 5.41) is 21.7. The van der Waals surface area contributed by atoms with Gasteiger partial charge < -0.3 is 15.5 Å². The van der Waals surface area contributed by atoms with Gasteiger partial charge in [-0.3, -0.25) is 9.63 Å². The molecule has 3 rings (SSSR count). The lowest BCUT2D eigenvalue weighted by atomic mass is 10.1. The number of hydroxylamine groups is 1. The highest BCUT2D eigenvalue weighted by molar-refractivity contribution is 7.13. The van der Waals surface area contributed by atoms with Crippen LogP contribution in [0.1, 0.15) is 15.9 Å². The lowest BCUT2D eigenvalue weighted by Gasteiger charge is -2.15. The van der Waals surface area contributed by atoms with Gasteiger partial charge in [0, 0.05) is 5.39 Å². The lowest BCUT2D eigenvalue weighted by Crippen LogP contribution is -2.30. The molecule has 1 heterocycles. The maximum absolute atomic E-state index is 14.3. The Morgan fingerprint density at radius 1 is 1.37 bits per heavy atom. The van der Waals surface area contributed by atoms with E-state index in [-0.39, 0.29) is 17.9 Å². The number of halogens is 1. The molecule has 0 aliphatic carbocycles. The molecule has 1 amide bonds. The molecule has 0 bridgehead atoms. The maximum atomic E-state index is 14.3. The van der Waals surface area contributed by atoms with Crippen LogP contribution >= 0.6 is 11.5 Å². The van der Waals surface area contributed by atoms with E-state index in [0.717, 1.165) is 10.3 Å². The minimum absolute atomic E-state index is 0.223. The molecule has 1 unspecified atom stereocenters. The predicted octanol–water partition coefficient (Wildman–Crippen LogP) is 2.50. The first-order valence-corrected chi connectivity index (χ1v) is 8.88. The van der Waals surface area contributed by atoms with Crippen molar-refractivity contribution in [3.05, 3.63) is 53.5 Å². The van der Waals surface area contributed by atoms with Crippen molar-refractivity contribution in [1.29, 1.82) is 0 Å². The summed E-state index contributed by atoms with van der Waals surface area (Å²) >= 11 is 1.26. The van der Waals surface area contributed by atoms with Gasteiger partial charge in [0.25, 0.3) is 5.91 Å². The summed E-state index contributed by atoms with van der Waals surface area (Å²) in [6.45, 7) is 1.04. The zero-order chi connectivity index (χ0) is 19.4. The lowest BCUT2D eigenvalue weighted by molar-refractivity contribution is -0.0295. The number of rotatable bonds is 7. The third-order valence-corrected chi connectivity index (χ3v) is 4.58. The minimum Gasteiger partial charge on any atom is -0.394 e. The molecule has 0 aliphatic heterocycles. The molecule has 3 aromatic rings. The number of aliphatic hydroxyl groups is 2. The molecule has 0 spiro atoms. The van der Waals surface area contributed by atoms with Crippen LogP contribution in [0, 0.1) is 12.7 Å². The first kappa shape index (κ1) is 19.2. The van der Waals surface area contributed by atoms with Crippen molar-refractivity contribution in [2.75, 3.05) is 18.5 Å². The van der Waals surface area contributed by atoms with E-state index in [2.05, 4.69) is 15.2 Å². The summed E-state index contributed by atoms with van der Waals surface area (Å²) < 4.78 is 19.2. The van der Waals surface area contributed by atoms with Gasteiger partial charge in [0.15, 0.2) is 0 Å². The number of fused-ring (bicyclic) bond motifs is 1. The summed E-state index contributed by atoms with van der Waals surface area (Å²) in [4.78, 5) is 17.4. The van der Waals surface area contributed by atoms with E-state index < -0.39 is 24.4 Å². The van der Waals surface area contributed by atoms with E-state index in [1.165, 1.54) is 17.6 Å². The van der Waals surface area contributed by atoms with Crippen molar-refractivity contribution in [3.8, 4) is 0 Å². The van der Waals surface area contributed by atoms with Gasteiger partial charge in [0.2, 0.25) is 0 Å². The van der Waals surface area contributed by atoms with Crippen LogP contribution in [0.2, 0.25) is 0 Å². The van der Waals surface area contributed by atoms with Gasteiger partial charge in [0.05, 0.1) is 34.4 Å². The number of nitrogens with one attached hydrogen (secondary N) is 2. The van der Waals surface area contributed by atoms with E-state index in [4.69, 9.17) is 9.94 Å². The van der Waals surface area contributed by atoms with Crippen LogP contribution in [0.5, 0.6) is 0 Å². The Morgan fingerprint density at radius 3 is 2.93 bits per heavy atom. The van der Waals surface area contributed by atoms with Crippen molar-refractivity contribution < 1.29 is 24.2 Å². The Hall–Kier alpha value is -2.59. The standard InChI is InChI=1S/C18H18FN3O4S/c1-10-2-4-15(14(19)6-10)21-17-12(3-5-16-13(17)7-20-27-16)18(25)22-26-9-11(24)8-23/h2-7,11,21,23-24H,8-9H2,1H3,(H,22,25). The van der Waals surface area contributed by atoms with Gasteiger partial charge >= 0.3 is 0 Å². The monoisotopic (exact) mass is 391 g/mol. The van der Waals surface area contributed by atoms with Crippen molar-refractivity contribution in [2.45, 2.75) is 13.0 Å². The van der Waals surface area contributed by atoms with E-state index >= 15 is 0 Å². The van der Waals surface area contributed by atoms with Crippen LogP contribution < -0.4 is 10.8 Å². The van der Waals surface area contributed by atoms with Crippen LogP contribution in [0.15, 0.2) is 36.5 Å². The van der Waals surface area contributed by atoms with E-state index in [1.807, 2.05) is 0 Å². The highest BCUT2D eigenvalue weighted by Gasteiger charge is 2.18. The van der Waals surface area contributed by atoms with Gasteiger partial charge in [-0.15, -0.1) is 0 Å². The normalized spacial score (nSPS) is 12.1. The van der Waals surface area contributed by atoms with Crippen LogP contribution in [0.3, 0.4) is 0 Å². The molecule has 0 aliphatic rings. The first-order chi connectivity index (χ1) is 13.0. The number of benzene rings is 2. The van der Waals surface area contributed by atoms with Crippen LogP contribution in [0.4, 0.5) is 15.8 Å². The van der Waals surface area contributed by atoms with Crippen LogP contribution in [-0.4, -0.2) is 39.8 Å². The summed E-state index contributed by atoms with van der Waals surface area (Å²) in [6.07, 6.45) is 0.495. The summed E-state index contributed by atoms with van der Waals surface area (Å²) in [5.74, 6) is -1.02. The SMILES string of the molecule is Cc1ccc(Nc2c(C(=O)NOCC(O)CO)ccc3sncc23)c(F)c1. The van der Waals surface area contributed by atoms with Gasteiger partial charge in [-0.1, -0.05) is 6.07 Å². The number of aliphatic hydroxyl groups excluding tert-OH is 2. The van der Waals surface area contributed by atoms with Crippen molar-refractivity contribution in [2.24, 2.45) is 0 Å². The van der Waals surface area contributed by atoms with Crippen LogP contribution in [0.25, 0.3) is 10.1 Å². The average Bonchev–Trinajstić information content (AvgIpc) is 3.12. The number of amides is 1. The Kier molecular flexibility index (Phi) is 5.97. The molecule has 1 aromatic heterocycles. The maximum Gasteiger partial charge on any atom is 0.276 e. The molecule has 0 radical (unpaired) electrons. The largest absolute Gasteiger partial charge is 0.394 e. The Morgan fingerprint density at radius 2 is 2.19 bits per heavy atom. The predicted molar refractivity (Wildman–Crippen MR) is 101 cm³/mol. The molecule has 9 heteroatoms. The molecule has 4 N–H and O–H groups in total. The molecular formula is C18H18FN3O4S. The number of aryl methyl sites for hydroxylation is 1. The van der Waals surface area contributed by atoms with E-state index in [0.29, 0.717) is 11.1 Å². The Balaban J connectivity index is 1.91. The zero-order valence-corrected chi connectivity index (χ0v) is 15.2. The average molecular weight is 391 g/mol. The molecule has 2 aromatic carbocycles. The molecule has 27 heavy (non-hydrogen) atoms. The number of aromatic nitrogens is 1. The number of hydrogen-bond donors (Lipinski definition) is 4. The van der Waals surface area contributed by atoms with Gasteiger partial charge in [0.1, 0.15) is 18.5 Å². The molecular weight excluding hydrogens is 373 g/mol. The Labute approximate surface area is 158 Å². The number of anilines is 2. The van der Waals surface area contributed by atoms with Crippen LogP contribution in [-0.2, 0) is 4.84 Å². The van der Waals surface area contributed by atoms with Crippen molar-refractivity contribution in [1.82, 2.24) is 9.85 Å². The fourth-order valence-corrected chi connectivity index (χ4v) is 3.09. The number of nitrogens with zero attached hydrogens (tertiary/aromatic N) is 1. The highest BCUT2D eigenvalue weighted by Crippen LogP contribution is 2.33. The third kappa shape index (κ3) is 4.40. The molecule has 1 atom stereocenters. The molecule has 0 saturated heterocycles. The molecule has 142 valence electrons. The smallest absolute Gasteiger partial charge is 0.276 e. The van der Waals surface area contributed by atoms with Gasteiger partial charge in [-0.2, -0.15) is 4.37 Å². The van der Waals surface area contributed by atoms with Gasteiger partial charge in [-0.25, -0.2) is 9.87 Å². The zero-order valence-electron chi connectivity index (χ0n) is 14.4. The second-order valence-electron chi connectivity index (χ2n) is 5.91. The number of carbonyl (C=O) groups is 1. The highest BCUT2D eigenvalue weighted by atomic mass is 32.1. The minimum atomic E-state index is -1.10. The first-order valence-electron chi connectivity index (χ1n) is 8.11. The fraction of sp³-hybridized carbons (Fsp3) is 0.222. The van der Waals surface area contributed by atoms with Crippen molar-refractivity contribution >= 4 is 38.9 Å². The summed E-state index contributed by atoms with van der Waals surface area (Å²) in [5.41, 5.74) is 3.84. The van der Waals surface area contributed by atoms with Gasteiger partial charge in [-0.05, 0) is 48.3 Å². The van der Waals surface area contributed by atoms with E-state index in [1.54, 1.807) is 37.4 Å². The second kappa shape index (κ2) is 8.40. The van der Waals surface area contributed by atoms with Crippen molar-refractivity contribution in [3.63, 3.8) is 0 Å². The number of carbonyl (C=O) groups excluding carboxylic acids is 1. The number of hydrogen-bond acceptors (Lipinski definition) is 7. The molecule has 0 fully saturated rings. The summed E-state index contributed by atoms with van der Waals surface area (Å²) in [6, 6.07) is 8.07. The third-order valence-electron chi connectivity index (χ3n) is 3.82. The van der Waals surface area contributed by atoms with E-state index in [9.17, 15) is 14.3 Å².